The van der Waals surface area contributed by atoms with Gasteiger partial charge in [0.05, 0.1) is 10.8 Å². The summed E-state index contributed by atoms with van der Waals surface area (Å²) in [5.41, 5.74) is 7.06. The minimum absolute atomic E-state index is 0.180. The van der Waals surface area contributed by atoms with Gasteiger partial charge in [-0.25, -0.2) is 0 Å². The van der Waals surface area contributed by atoms with Crippen LogP contribution < -0.4 is 11.1 Å². The normalized spacial score (nSPS) is 14.0. The molecule has 0 unspecified atom stereocenters. The van der Waals surface area contributed by atoms with Crippen LogP contribution in [0.5, 0.6) is 0 Å². The lowest BCUT2D eigenvalue weighted by Gasteiger charge is -2.12. The zero-order valence-electron chi connectivity index (χ0n) is 16.1. The number of rotatable bonds is 7. The maximum atomic E-state index is 12.8. The van der Waals surface area contributed by atoms with Gasteiger partial charge in [-0.1, -0.05) is 17.8 Å². The number of aromatic nitrogens is 3. The van der Waals surface area contributed by atoms with E-state index in [4.69, 9.17) is 5.73 Å². The Kier molecular flexibility index (Phi) is 5.75. The second-order valence-electron chi connectivity index (χ2n) is 6.89. The number of hydrogen-bond donors (Lipinski definition) is 2. The van der Waals surface area contributed by atoms with E-state index < -0.39 is 11.2 Å². The molecule has 3 aromatic rings. The molecule has 0 aliphatic heterocycles. The molecule has 1 aliphatic rings. The van der Waals surface area contributed by atoms with Crippen LogP contribution in [0.15, 0.2) is 22.7 Å². The number of carbonyl (C=O) groups excluding carboxylic acids is 2. The summed E-state index contributed by atoms with van der Waals surface area (Å²) in [6.07, 6.45) is 3.52. The molecule has 0 bridgehead atoms. The molecule has 0 fully saturated rings. The first-order valence-corrected chi connectivity index (χ1v) is 11.8. The quantitative estimate of drug-likeness (QED) is 0.541. The highest BCUT2D eigenvalue weighted by molar-refractivity contribution is 8.00. The minimum Gasteiger partial charge on any atom is -0.365 e. The van der Waals surface area contributed by atoms with Crippen LogP contribution in [-0.2, 0) is 31.1 Å². The van der Waals surface area contributed by atoms with Gasteiger partial charge in [0.15, 0.2) is 5.16 Å². The first-order chi connectivity index (χ1) is 13.9. The van der Waals surface area contributed by atoms with E-state index in [-0.39, 0.29) is 5.91 Å². The summed E-state index contributed by atoms with van der Waals surface area (Å²) in [7, 11) is 1.91. The van der Waals surface area contributed by atoms with E-state index >= 15 is 0 Å². The van der Waals surface area contributed by atoms with Gasteiger partial charge < -0.3 is 15.6 Å². The van der Waals surface area contributed by atoms with Crippen LogP contribution in [0.2, 0.25) is 0 Å². The highest BCUT2D eigenvalue weighted by Gasteiger charge is 2.27. The smallest absolute Gasteiger partial charge is 0.251 e. The Hall–Kier alpha value is -2.17. The number of nitrogens with two attached hydrogens (primary N) is 1. The number of nitrogens with zero attached hydrogens (tertiary/aromatic N) is 3. The van der Waals surface area contributed by atoms with E-state index in [9.17, 15) is 9.59 Å². The number of thioether (sulfide) groups is 1. The zero-order chi connectivity index (χ0) is 20.5. The van der Waals surface area contributed by atoms with Gasteiger partial charge in [-0.15, -0.1) is 32.9 Å². The summed E-state index contributed by atoms with van der Waals surface area (Å²) < 4.78 is 1.92. The molecule has 2 amide bonds. The van der Waals surface area contributed by atoms with Crippen LogP contribution in [0.25, 0.3) is 0 Å². The molecule has 0 radical (unpaired) electrons. The molecule has 3 aromatic heterocycles. The number of fused-ring (bicyclic) bond motifs is 1. The number of anilines is 1. The van der Waals surface area contributed by atoms with Gasteiger partial charge in [0, 0.05) is 23.2 Å². The van der Waals surface area contributed by atoms with Crippen molar-refractivity contribution in [2.45, 2.75) is 43.0 Å². The molecule has 0 saturated carbocycles. The number of amides is 2. The Morgan fingerprint density at radius 1 is 1.38 bits per heavy atom. The molecule has 4 rings (SSSR count). The average molecular weight is 448 g/mol. The van der Waals surface area contributed by atoms with E-state index in [0.29, 0.717) is 22.1 Å². The molecule has 0 saturated heterocycles. The highest BCUT2D eigenvalue weighted by Crippen LogP contribution is 2.39. The van der Waals surface area contributed by atoms with E-state index in [2.05, 4.69) is 21.6 Å². The van der Waals surface area contributed by atoms with E-state index in [1.807, 2.05) is 30.0 Å². The number of nitrogens with one attached hydrogen (secondary N) is 1. The first kappa shape index (κ1) is 20.1. The lowest BCUT2D eigenvalue weighted by Crippen LogP contribution is -2.24. The number of carbonyl (C=O) groups is 2. The standard InChI is InChI=1S/C19H21N5O2S3/c1-10(28-19-23-22-14(24(19)2)9-11-5-4-8-27-11)17(26)21-18-15(16(20)25)12-6-3-7-13(12)29-18/h4-5,8,10H,3,6-7,9H2,1-2H3,(H2,20,25)(H,21,26)/t10-/m0/s1. The Bertz CT molecular complexity index is 1050. The monoisotopic (exact) mass is 447 g/mol. The predicted molar refractivity (Wildman–Crippen MR) is 117 cm³/mol. The highest BCUT2D eigenvalue weighted by atomic mass is 32.2. The predicted octanol–water partition coefficient (Wildman–Crippen LogP) is 3.24. The first-order valence-electron chi connectivity index (χ1n) is 9.26. The Labute approximate surface area is 180 Å². The summed E-state index contributed by atoms with van der Waals surface area (Å²) in [4.78, 5) is 27.0. The molecule has 1 atom stereocenters. The lowest BCUT2D eigenvalue weighted by atomic mass is 10.1. The molecule has 29 heavy (non-hydrogen) atoms. The second-order valence-corrected chi connectivity index (χ2v) is 10.3. The van der Waals surface area contributed by atoms with Gasteiger partial charge in [0.1, 0.15) is 10.8 Å². The summed E-state index contributed by atoms with van der Waals surface area (Å²) in [5, 5.41) is 14.3. The topological polar surface area (TPSA) is 103 Å². The molecule has 0 spiro atoms. The van der Waals surface area contributed by atoms with Gasteiger partial charge in [0.25, 0.3) is 5.91 Å². The third-order valence-electron chi connectivity index (χ3n) is 4.89. The fourth-order valence-electron chi connectivity index (χ4n) is 3.35. The summed E-state index contributed by atoms with van der Waals surface area (Å²) >= 11 is 4.49. The SMILES string of the molecule is C[C@H](Sc1nnc(Cc2cccs2)n1C)C(=O)Nc1sc2c(c1C(N)=O)CCC2. The fraction of sp³-hybridized carbons (Fsp3) is 0.368. The third kappa shape index (κ3) is 4.10. The van der Waals surface area contributed by atoms with E-state index in [1.54, 1.807) is 11.3 Å². The Morgan fingerprint density at radius 3 is 2.93 bits per heavy atom. The van der Waals surface area contributed by atoms with E-state index in [0.717, 1.165) is 35.5 Å². The second kappa shape index (κ2) is 8.29. The fourth-order valence-corrected chi connectivity index (χ4v) is 6.18. The molecule has 152 valence electrons. The zero-order valence-corrected chi connectivity index (χ0v) is 18.5. The van der Waals surface area contributed by atoms with Crippen LogP contribution in [0.4, 0.5) is 5.00 Å². The minimum atomic E-state index is -0.480. The summed E-state index contributed by atoms with van der Waals surface area (Å²) in [6.45, 7) is 1.82. The van der Waals surface area contributed by atoms with Crippen LogP contribution in [0.1, 0.15) is 44.8 Å². The third-order valence-corrected chi connectivity index (χ3v) is 8.11. The van der Waals surface area contributed by atoms with E-state index in [1.165, 1.54) is 28.0 Å². The summed E-state index contributed by atoms with van der Waals surface area (Å²) in [5.74, 6) is 0.194. The van der Waals surface area contributed by atoms with Gasteiger partial charge in [-0.2, -0.15) is 0 Å². The molecular weight excluding hydrogens is 426 g/mol. The van der Waals surface area contributed by atoms with Crippen LogP contribution in [0, 0.1) is 0 Å². The number of thiophene rings is 2. The van der Waals surface area contributed by atoms with Crippen molar-refractivity contribution in [1.82, 2.24) is 14.8 Å². The molecule has 7 nitrogen and oxygen atoms in total. The van der Waals surface area contributed by atoms with Crippen LogP contribution >= 0.6 is 34.4 Å². The lowest BCUT2D eigenvalue weighted by molar-refractivity contribution is -0.115. The van der Waals surface area contributed by atoms with Gasteiger partial charge in [-0.05, 0) is 43.2 Å². The molecule has 10 heteroatoms. The van der Waals surface area contributed by atoms with Crippen molar-refractivity contribution >= 4 is 51.3 Å². The molecular formula is C19H21N5O2S3. The van der Waals surface area contributed by atoms with Crippen molar-refractivity contribution in [1.29, 1.82) is 0 Å². The van der Waals surface area contributed by atoms with Crippen molar-refractivity contribution in [3.63, 3.8) is 0 Å². The molecule has 3 N–H and O–H groups in total. The number of aryl methyl sites for hydroxylation is 1. The maximum absolute atomic E-state index is 12.8. The maximum Gasteiger partial charge on any atom is 0.251 e. The van der Waals surface area contributed by atoms with Crippen molar-refractivity contribution in [2.75, 3.05) is 5.32 Å². The summed E-state index contributed by atoms with van der Waals surface area (Å²) in [6, 6.07) is 4.08. The Morgan fingerprint density at radius 2 is 2.21 bits per heavy atom. The van der Waals surface area contributed by atoms with Crippen molar-refractivity contribution in [2.24, 2.45) is 12.8 Å². The number of hydrogen-bond acceptors (Lipinski definition) is 7. The van der Waals surface area contributed by atoms with Crippen molar-refractivity contribution < 1.29 is 9.59 Å². The molecule has 0 aromatic carbocycles. The van der Waals surface area contributed by atoms with Crippen molar-refractivity contribution in [3.8, 4) is 0 Å². The molecule has 3 heterocycles. The van der Waals surface area contributed by atoms with Crippen LogP contribution in [-0.4, -0.2) is 31.8 Å². The number of primary amides is 1. The van der Waals surface area contributed by atoms with Gasteiger partial charge in [0.2, 0.25) is 5.91 Å². The van der Waals surface area contributed by atoms with Crippen molar-refractivity contribution in [3.05, 3.63) is 44.2 Å². The molecule has 1 aliphatic carbocycles. The van der Waals surface area contributed by atoms with Gasteiger partial charge >= 0.3 is 0 Å². The Balaban J connectivity index is 1.44. The largest absolute Gasteiger partial charge is 0.365 e. The van der Waals surface area contributed by atoms with Gasteiger partial charge in [-0.3, -0.25) is 9.59 Å². The van der Waals surface area contributed by atoms with Crippen LogP contribution in [0.3, 0.4) is 0 Å². The average Bonchev–Trinajstić information content (AvgIpc) is 3.43.